The SMILES string of the molecule is Nc1cc(-c2nc3cccc(Br)c3o2)ccc1Br. The van der Waals surface area contributed by atoms with Gasteiger partial charge in [0.1, 0.15) is 5.52 Å². The van der Waals surface area contributed by atoms with Gasteiger partial charge in [0.2, 0.25) is 5.89 Å². The zero-order chi connectivity index (χ0) is 12.7. The van der Waals surface area contributed by atoms with Gasteiger partial charge in [0, 0.05) is 15.7 Å². The van der Waals surface area contributed by atoms with E-state index in [-0.39, 0.29) is 0 Å². The summed E-state index contributed by atoms with van der Waals surface area (Å²) in [5.41, 5.74) is 8.94. The van der Waals surface area contributed by atoms with Crippen LogP contribution in [-0.2, 0) is 0 Å². The lowest BCUT2D eigenvalue weighted by molar-refractivity contribution is 0.618. The lowest BCUT2D eigenvalue weighted by atomic mass is 10.2. The Kier molecular flexibility index (Phi) is 2.87. The van der Waals surface area contributed by atoms with Gasteiger partial charge in [-0.05, 0) is 62.2 Å². The second-order valence-corrected chi connectivity index (χ2v) is 5.55. The summed E-state index contributed by atoms with van der Waals surface area (Å²) < 4.78 is 7.51. The number of aromatic nitrogens is 1. The van der Waals surface area contributed by atoms with Gasteiger partial charge in [-0.25, -0.2) is 4.98 Å². The Morgan fingerprint density at radius 1 is 1.06 bits per heavy atom. The van der Waals surface area contributed by atoms with E-state index in [0.717, 1.165) is 25.6 Å². The monoisotopic (exact) mass is 366 g/mol. The number of fused-ring (bicyclic) bond motifs is 1. The molecule has 1 aromatic heterocycles. The number of hydrogen-bond acceptors (Lipinski definition) is 3. The third kappa shape index (κ3) is 1.93. The molecule has 0 saturated carbocycles. The number of nitrogens with two attached hydrogens (primary N) is 1. The van der Waals surface area contributed by atoms with Gasteiger partial charge >= 0.3 is 0 Å². The third-order valence-corrected chi connectivity index (χ3v) is 3.96. The average Bonchev–Trinajstić information content (AvgIpc) is 2.78. The zero-order valence-corrected chi connectivity index (χ0v) is 12.3. The minimum atomic E-state index is 0.566. The molecule has 0 amide bonds. The molecule has 3 nitrogen and oxygen atoms in total. The molecule has 0 spiro atoms. The standard InChI is InChI=1S/C13H8Br2N2O/c14-8-5-4-7(6-10(8)16)13-17-11-3-1-2-9(15)12(11)18-13/h1-6H,16H2. The van der Waals surface area contributed by atoms with Crippen LogP contribution < -0.4 is 5.73 Å². The molecule has 2 N–H and O–H groups in total. The number of halogens is 2. The molecular weight excluding hydrogens is 360 g/mol. The van der Waals surface area contributed by atoms with E-state index >= 15 is 0 Å². The molecule has 0 radical (unpaired) electrons. The van der Waals surface area contributed by atoms with Crippen LogP contribution in [0.3, 0.4) is 0 Å². The highest BCUT2D eigenvalue weighted by atomic mass is 79.9. The van der Waals surface area contributed by atoms with Gasteiger partial charge in [-0.2, -0.15) is 0 Å². The molecule has 3 rings (SSSR count). The maximum Gasteiger partial charge on any atom is 0.227 e. The second kappa shape index (κ2) is 4.40. The van der Waals surface area contributed by atoms with Crippen molar-refractivity contribution >= 4 is 48.6 Å². The summed E-state index contributed by atoms with van der Waals surface area (Å²) in [4.78, 5) is 4.45. The summed E-state index contributed by atoms with van der Waals surface area (Å²) >= 11 is 6.81. The lowest BCUT2D eigenvalue weighted by Crippen LogP contribution is -1.87. The van der Waals surface area contributed by atoms with E-state index in [1.165, 1.54) is 0 Å². The van der Waals surface area contributed by atoms with Crippen LogP contribution in [0.25, 0.3) is 22.6 Å². The molecule has 18 heavy (non-hydrogen) atoms. The number of rotatable bonds is 1. The van der Waals surface area contributed by atoms with Crippen LogP contribution in [0, 0.1) is 0 Å². The lowest BCUT2D eigenvalue weighted by Gasteiger charge is -1.99. The van der Waals surface area contributed by atoms with Gasteiger partial charge in [0.15, 0.2) is 5.58 Å². The molecular formula is C13H8Br2N2O. The molecule has 3 aromatic rings. The number of nitrogen functional groups attached to an aromatic ring is 1. The summed E-state index contributed by atoms with van der Waals surface area (Å²) in [6, 6.07) is 11.4. The maximum atomic E-state index is 5.86. The number of hydrogen-bond donors (Lipinski definition) is 1. The van der Waals surface area contributed by atoms with Crippen molar-refractivity contribution in [3.05, 3.63) is 45.3 Å². The predicted molar refractivity (Wildman–Crippen MR) is 79.3 cm³/mol. The van der Waals surface area contributed by atoms with Crippen LogP contribution in [-0.4, -0.2) is 4.98 Å². The minimum Gasteiger partial charge on any atom is -0.435 e. The Bertz CT molecular complexity index is 737. The molecule has 0 atom stereocenters. The van der Waals surface area contributed by atoms with Crippen LogP contribution in [0.1, 0.15) is 0 Å². The van der Waals surface area contributed by atoms with Gasteiger partial charge < -0.3 is 10.2 Å². The Morgan fingerprint density at radius 2 is 1.89 bits per heavy atom. The molecule has 0 fully saturated rings. The summed E-state index contributed by atoms with van der Waals surface area (Å²) in [6.07, 6.45) is 0. The van der Waals surface area contributed by atoms with Crippen LogP contribution in [0.15, 0.2) is 49.8 Å². The summed E-state index contributed by atoms with van der Waals surface area (Å²) in [5, 5.41) is 0. The van der Waals surface area contributed by atoms with Crippen molar-refractivity contribution < 1.29 is 4.42 Å². The first-order chi connectivity index (χ1) is 8.65. The molecule has 0 unspecified atom stereocenters. The van der Waals surface area contributed by atoms with Crippen LogP contribution >= 0.6 is 31.9 Å². The zero-order valence-electron chi connectivity index (χ0n) is 9.15. The topological polar surface area (TPSA) is 52.0 Å². The van der Waals surface area contributed by atoms with Gasteiger partial charge in [-0.3, -0.25) is 0 Å². The molecule has 0 saturated heterocycles. The molecule has 1 heterocycles. The van der Waals surface area contributed by atoms with Crippen LogP contribution in [0.4, 0.5) is 5.69 Å². The highest BCUT2D eigenvalue weighted by Crippen LogP contribution is 2.31. The highest BCUT2D eigenvalue weighted by Gasteiger charge is 2.11. The maximum absolute atomic E-state index is 5.86. The van der Waals surface area contributed by atoms with Crippen LogP contribution in [0.5, 0.6) is 0 Å². The molecule has 5 heteroatoms. The Morgan fingerprint density at radius 3 is 2.61 bits per heavy atom. The van der Waals surface area contributed by atoms with Crippen molar-refractivity contribution in [1.82, 2.24) is 4.98 Å². The van der Waals surface area contributed by atoms with E-state index in [9.17, 15) is 0 Å². The first-order valence-corrected chi connectivity index (χ1v) is 6.84. The normalized spacial score (nSPS) is 11.0. The minimum absolute atomic E-state index is 0.566. The summed E-state index contributed by atoms with van der Waals surface area (Å²) in [5.74, 6) is 0.566. The number of benzene rings is 2. The van der Waals surface area contributed by atoms with Crippen molar-refractivity contribution in [2.45, 2.75) is 0 Å². The number of para-hydroxylation sites is 1. The third-order valence-electron chi connectivity index (χ3n) is 2.61. The Hall–Kier alpha value is -1.33. The quantitative estimate of drug-likeness (QED) is 0.639. The molecule has 90 valence electrons. The van der Waals surface area contributed by atoms with E-state index in [1.54, 1.807) is 0 Å². The fraction of sp³-hybridized carbons (Fsp3) is 0. The van der Waals surface area contributed by atoms with Gasteiger partial charge in [0.05, 0.1) is 4.47 Å². The van der Waals surface area contributed by atoms with Gasteiger partial charge in [0.25, 0.3) is 0 Å². The van der Waals surface area contributed by atoms with Gasteiger partial charge in [-0.1, -0.05) is 6.07 Å². The van der Waals surface area contributed by atoms with E-state index in [2.05, 4.69) is 36.8 Å². The molecule has 0 bridgehead atoms. The van der Waals surface area contributed by atoms with E-state index in [1.807, 2.05) is 36.4 Å². The molecule has 2 aromatic carbocycles. The average molecular weight is 368 g/mol. The van der Waals surface area contributed by atoms with Crippen molar-refractivity contribution in [2.75, 3.05) is 5.73 Å². The summed E-state index contributed by atoms with van der Waals surface area (Å²) in [6.45, 7) is 0. The highest BCUT2D eigenvalue weighted by molar-refractivity contribution is 9.11. The molecule has 0 aliphatic rings. The first-order valence-electron chi connectivity index (χ1n) is 5.25. The number of nitrogens with zero attached hydrogens (tertiary/aromatic N) is 1. The van der Waals surface area contributed by atoms with Crippen molar-refractivity contribution in [1.29, 1.82) is 0 Å². The fourth-order valence-corrected chi connectivity index (χ4v) is 2.40. The smallest absolute Gasteiger partial charge is 0.227 e. The van der Waals surface area contributed by atoms with E-state index in [0.29, 0.717) is 11.6 Å². The predicted octanol–water partition coefficient (Wildman–Crippen LogP) is 4.60. The van der Waals surface area contributed by atoms with Gasteiger partial charge in [-0.15, -0.1) is 0 Å². The largest absolute Gasteiger partial charge is 0.435 e. The van der Waals surface area contributed by atoms with Crippen molar-refractivity contribution in [3.63, 3.8) is 0 Å². The molecule has 0 aliphatic heterocycles. The Labute approximate surface area is 120 Å². The van der Waals surface area contributed by atoms with Crippen molar-refractivity contribution in [2.24, 2.45) is 0 Å². The second-order valence-electron chi connectivity index (χ2n) is 3.84. The van der Waals surface area contributed by atoms with E-state index in [4.69, 9.17) is 10.2 Å². The fourth-order valence-electron chi connectivity index (χ4n) is 1.72. The first kappa shape index (κ1) is 11.7. The van der Waals surface area contributed by atoms with Crippen molar-refractivity contribution in [3.8, 4) is 11.5 Å². The summed E-state index contributed by atoms with van der Waals surface area (Å²) in [7, 11) is 0. The van der Waals surface area contributed by atoms with E-state index < -0.39 is 0 Å². The molecule has 0 aliphatic carbocycles. The van der Waals surface area contributed by atoms with Crippen LogP contribution in [0.2, 0.25) is 0 Å². The number of anilines is 1. The number of oxazole rings is 1. The Balaban J connectivity index is 2.19.